The van der Waals surface area contributed by atoms with Gasteiger partial charge in [-0.15, -0.1) is 0 Å². The molecule has 2 N–H and O–H groups in total. The van der Waals surface area contributed by atoms with Crippen LogP contribution in [0.3, 0.4) is 0 Å². The first-order valence-electron chi connectivity index (χ1n) is 9.26. The van der Waals surface area contributed by atoms with Crippen molar-refractivity contribution in [3.63, 3.8) is 0 Å². The summed E-state index contributed by atoms with van der Waals surface area (Å²) in [5.74, 6) is -2.14. The molecule has 0 aliphatic carbocycles. The predicted octanol–water partition coefficient (Wildman–Crippen LogP) is 3.72. The van der Waals surface area contributed by atoms with Crippen molar-refractivity contribution in [2.45, 2.75) is 0 Å². The monoisotopic (exact) mass is 495 g/mol. The van der Waals surface area contributed by atoms with Crippen molar-refractivity contribution in [2.75, 3.05) is 19.6 Å². The summed E-state index contributed by atoms with van der Waals surface area (Å²) in [7, 11) is 0. The molecule has 11 heteroatoms. The van der Waals surface area contributed by atoms with E-state index < -0.39 is 28.8 Å². The molecule has 1 aliphatic heterocycles. The van der Waals surface area contributed by atoms with E-state index in [0.717, 1.165) is 4.90 Å². The molecule has 0 spiro atoms. The van der Waals surface area contributed by atoms with Crippen molar-refractivity contribution >= 4 is 64.0 Å². The van der Waals surface area contributed by atoms with E-state index >= 15 is 0 Å². The maximum atomic E-state index is 13.8. The molecular weight excluding hydrogens is 480 g/mol. The lowest BCUT2D eigenvalue weighted by atomic mass is 10.2. The van der Waals surface area contributed by atoms with Gasteiger partial charge in [0.2, 0.25) is 5.91 Å². The third-order valence-corrected chi connectivity index (χ3v) is 5.76. The maximum absolute atomic E-state index is 13.8. The third-order valence-electron chi connectivity index (χ3n) is 4.31. The highest BCUT2D eigenvalue weighted by Gasteiger charge is 2.34. The molecule has 4 amide bonds. The molecule has 0 saturated carbocycles. The molecular formula is C21H16Cl2FN3O4S. The second kappa shape index (κ2) is 10.6. The van der Waals surface area contributed by atoms with Gasteiger partial charge in [0.05, 0.1) is 22.0 Å². The normalized spacial score (nSPS) is 14.7. The molecule has 0 aromatic heterocycles. The number of amides is 4. The summed E-state index contributed by atoms with van der Waals surface area (Å²) in [6, 6.07) is 10.2. The number of benzene rings is 2. The zero-order valence-corrected chi connectivity index (χ0v) is 18.7. The smallest absolute Gasteiger partial charge is 0.293 e. The minimum atomic E-state index is -0.566. The SMILES string of the molecule is O=C(CNC(=O)c1ccc(Cl)cc1Cl)NCCN1C(=O)S/C(=C/c2ccccc2F)C1=O. The lowest BCUT2D eigenvalue weighted by molar-refractivity contribution is -0.124. The number of carbonyl (C=O) groups is 4. The van der Waals surface area contributed by atoms with Gasteiger partial charge in [-0.05, 0) is 42.1 Å². The van der Waals surface area contributed by atoms with Gasteiger partial charge in [0, 0.05) is 23.7 Å². The number of hydrogen-bond donors (Lipinski definition) is 2. The Kier molecular flexibility index (Phi) is 7.89. The summed E-state index contributed by atoms with van der Waals surface area (Å²) in [6.45, 7) is -0.406. The molecule has 32 heavy (non-hydrogen) atoms. The van der Waals surface area contributed by atoms with Crippen LogP contribution in [-0.2, 0) is 9.59 Å². The van der Waals surface area contributed by atoms with Crippen molar-refractivity contribution in [1.29, 1.82) is 0 Å². The second-order valence-corrected chi connectivity index (χ2v) is 8.35. The molecule has 1 saturated heterocycles. The van der Waals surface area contributed by atoms with Crippen molar-refractivity contribution in [1.82, 2.24) is 15.5 Å². The minimum absolute atomic E-state index is 0.0125. The van der Waals surface area contributed by atoms with Crippen LogP contribution in [0.15, 0.2) is 47.4 Å². The van der Waals surface area contributed by atoms with Gasteiger partial charge in [-0.3, -0.25) is 24.1 Å². The zero-order valence-electron chi connectivity index (χ0n) is 16.4. The fraction of sp³-hybridized carbons (Fsp3) is 0.143. The van der Waals surface area contributed by atoms with Gasteiger partial charge < -0.3 is 10.6 Å². The van der Waals surface area contributed by atoms with Crippen LogP contribution in [0, 0.1) is 5.82 Å². The highest BCUT2D eigenvalue weighted by atomic mass is 35.5. The first-order chi connectivity index (χ1) is 15.3. The first kappa shape index (κ1) is 23.8. The lowest BCUT2D eigenvalue weighted by Gasteiger charge is -2.13. The number of thioether (sulfide) groups is 1. The summed E-state index contributed by atoms with van der Waals surface area (Å²) in [4.78, 5) is 49.7. The van der Waals surface area contributed by atoms with Crippen LogP contribution in [0.1, 0.15) is 15.9 Å². The number of hydrogen-bond acceptors (Lipinski definition) is 5. The van der Waals surface area contributed by atoms with Gasteiger partial charge in [-0.25, -0.2) is 4.39 Å². The second-order valence-electron chi connectivity index (χ2n) is 6.51. The summed E-state index contributed by atoms with van der Waals surface area (Å²) in [6.07, 6.45) is 1.32. The van der Waals surface area contributed by atoms with Crippen molar-refractivity contribution in [2.24, 2.45) is 0 Å². The zero-order chi connectivity index (χ0) is 23.3. The van der Waals surface area contributed by atoms with Gasteiger partial charge in [-0.1, -0.05) is 41.4 Å². The number of nitrogens with zero attached hydrogens (tertiary/aromatic N) is 1. The van der Waals surface area contributed by atoms with E-state index in [1.807, 2.05) is 0 Å². The lowest BCUT2D eigenvalue weighted by Crippen LogP contribution is -2.41. The summed E-state index contributed by atoms with van der Waals surface area (Å²) < 4.78 is 13.8. The van der Waals surface area contributed by atoms with Crippen molar-refractivity contribution < 1.29 is 23.6 Å². The van der Waals surface area contributed by atoms with Crippen LogP contribution in [0.5, 0.6) is 0 Å². The average molecular weight is 496 g/mol. The Morgan fingerprint density at radius 3 is 2.56 bits per heavy atom. The molecule has 7 nitrogen and oxygen atoms in total. The van der Waals surface area contributed by atoms with E-state index in [1.165, 1.54) is 42.5 Å². The maximum Gasteiger partial charge on any atom is 0.293 e. The van der Waals surface area contributed by atoms with E-state index in [0.29, 0.717) is 16.8 Å². The quantitative estimate of drug-likeness (QED) is 0.570. The number of halogens is 3. The molecule has 0 unspecified atom stereocenters. The highest BCUT2D eigenvalue weighted by Crippen LogP contribution is 2.32. The Labute approximate surface area is 196 Å². The third kappa shape index (κ3) is 5.87. The predicted molar refractivity (Wildman–Crippen MR) is 121 cm³/mol. The highest BCUT2D eigenvalue weighted by molar-refractivity contribution is 8.18. The molecule has 1 fully saturated rings. The van der Waals surface area contributed by atoms with Gasteiger partial charge >= 0.3 is 0 Å². The fourth-order valence-corrected chi connectivity index (χ4v) is 4.08. The van der Waals surface area contributed by atoms with Crippen molar-refractivity contribution in [3.8, 4) is 0 Å². The van der Waals surface area contributed by atoms with E-state index in [9.17, 15) is 23.6 Å². The standard InChI is InChI=1S/C21H16Cl2FN3O4S/c22-13-5-6-14(15(23)10-13)19(29)26-11-18(28)25-7-8-27-20(30)17(32-21(27)31)9-12-3-1-2-4-16(12)24/h1-6,9-10H,7-8,11H2,(H,25,28)(H,26,29)/b17-9+. The average Bonchev–Trinajstić information content (AvgIpc) is 3.01. The van der Waals surface area contributed by atoms with Crippen LogP contribution >= 0.6 is 35.0 Å². The molecule has 0 atom stereocenters. The van der Waals surface area contributed by atoms with Crippen LogP contribution < -0.4 is 10.6 Å². The van der Waals surface area contributed by atoms with Crippen LogP contribution in [-0.4, -0.2) is 47.5 Å². The first-order valence-corrected chi connectivity index (χ1v) is 10.8. The molecule has 1 heterocycles. The van der Waals surface area contributed by atoms with E-state index in [2.05, 4.69) is 10.6 Å². The van der Waals surface area contributed by atoms with E-state index in [-0.39, 0.29) is 40.7 Å². The Morgan fingerprint density at radius 2 is 1.84 bits per heavy atom. The Hall–Kier alpha value is -2.88. The van der Waals surface area contributed by atoms with Gasteiger partial charge in [0.15, 0.2) is 0 Å². The van der Waals surface area contributed by atoms with Gasteiger partial charge in [0.1, 0.15) is 5.82 Å². The molecule has 166 valence electrons. The number of carbonyl (C=O) groups excluding carboxylic acids is 4. The fourth-order valence-electron chi connectivity index (χ4n) is 2.73. The molecule has 1 aliphatic rings. The number of rotatable bonds is 7. The summed E-state index contributed by atoms with van der Waals surface area (Å²) in [5, 5.41) is 4.94. The summed E-state index contributed by atoms with van der Waals surface area (Å²) in [5.41, 5.74) is 0.367. The number of nitrogens with one attached hydrogen (secondary N) is 2. The van der Waals surface area contributed by atoms with Crippen LogP contribution in [0.4, 0.5) is 9.18 Å². The van der Waals surface area contributed by atoms with Crippen LogP contribution in [0.25, 0.3) is 6.08 Å². The Balaban J connectivity index is 1.48. The van der Waals surface area contributed by atoms with E-state index in [4.69, 9.17) is 23.2 Å². The van der Waals surface area contributed by atoms with Crippen LogP contribution in [0.2, 0.25) is 10.0 Å². The topological polar surface area (TPSA) is 95.6 Å². The minimum Gasteiger partial charge on any atom is -0.353 e. The van der Waals surface area contributed by atoms with E-state index in [1.54, 1.807) is 6.07 Å². The molecule has 2 aromatic carbocycles. The molecule has 0 radical (unpaired) electrons. The molecule has 2 aromatic rings. The Morgan fingerprint density at radius 1 is 1.09 bits per heavy atom. The van der Waals surface area contributed by atoms with Gasteiger partial charge in [0.25, 0.3) is 17.1 Å². The number of imide groups is 1. The van der Waals surface area contributed by atoms with Gasteiger partial charge in [-0.2, -0.15) is 0 Å². The molecule has 0 bridgehead atoms. The van der Waals surface area contributed by atoms with Crippen molar-refractivity contribution in [3.05, 3.63) is 74.4 Å². The largest absolute Gasteiger partial charge is 0.353 e. The summed E-state index contributed by atoms with van der Waals surface area (Å²) >= 11 is 12.4. The molecule has 3 rings (SSSR count). The Bertz CT molecular complexity index is 1130.